The number of amides is 1. The zero-order valence-corrected chi connectivity index (χ0v) is 15.7. The van der Waals surface area contributed by atoms with Crippen molar-refractivity contribution < 1.29 is 14.3 Å². The second-order valence-electron chi connectivity index (χ2n) is 5.39. The minimum absolute atomic E-state index is 0.0343. The Bertz CT molecular complexity index is 778. The largest absolute Gasteiger partial charge is 0.455 e. The van der Waals surface area contributed by atoms with Gasteiger partial charge in [-0.15, -0.1) is 0 Å². The maximum atomic E-state index is 11.8. The number of nitrogens with zero attached hydrogens (tertiary/aromatic N) is 2. The monoisotopic (exact) mass is 379 g/mol. The molecule has 0 aliphatic carbocycles. The number of aryl methyl sites for hydroxylation is 3. The topological polar surface area (TPSA) is 81.2 Å². The Kier molecular flexibility index (Phi) is 6.78. The molecule has 1 amide bonds. The summed E-state index contributed by atoms with van der Waals surface area (Å²) in [6.45, 7) is 5.23. The molecule has 0 fully saturated rings. The van der Waals surface area contributed by atoms with E-state index < -0.39 is 11.9 Å². The summed E-state index contributed by atoms with van der Waals surface area (Å²) in [5, 5.41) is 3.68. The van der Waals surface area contributed by atoms with Gasteiger partial charge in [-0.05, 0) is 44.5 Å². The maximum Gasteiger partial charge on any atom is 0.316 e. The van der Waals surface area contributed by atoms with Gasteiger partial charge in [0.2, 0.25) is 0 Å². The summed E-state index contributed by atoms with van der Waals surface area (Å²) in [7, 11) is 0. The van der Waals surface area contributed by atoms with E-state index in [-0.39, 0.29) is 12.4 Å². The summed E-state index contributed by atoms with van der Waals surface area (Å²) in [6.07, 6.45) is 0. The Morgan fingerprint density at radius 2 is 1.84 bits per heavy atom. The average Bonchev–Trinajstić information content (AvgIpc) is 2.53. The van der Waals surface area contributed by atoms with Crippen LogP contribution in [0.2, 0.25) is 5.02 Å². The number of ether oxygens (including phenoxy) is 1. The summed E-state index contributed by atoms with van der Waals surface area (Å²) in [5.41, 5.74) is 3.13. The van der Waals surface area contributed by atoms with E-state index in [4.69, 9.17) is 16.3 Å². The van der Waals surface area contributed by atoms with Crippen molar-refractivity contribution in [2.75, 3.05) is 17.7 Å². The average molecular weight is 380 g/mol. The van der Waals surface area contributed by atoms with Gasteiger partial charge in [0.25, 0.3) is 5.91 Å². The quantitative estimate of drug-likeness (QED) is 0.471. The van der Waals surface area contributed by atoms with E-state index in [0.717, 1.165) is 17.0 Å². The van der Waals surface area contributed by atoms with Crippen molar-refractivity contribution in [2.24, 2.45) is 0 Å². The van der Waals surface area contributed by atoms with Gasteiger partial charge in [-0.1, -0.05) is 29.4 Å². The van der Waals surface area contributed by atoms with E-state index in [1.54, 1.807) is 18.2 Å². The van der Waals surface area contributed by atoms with Crippen molar-refractivity contribution >= 4 is 40.9 Å². The van der Waals surface area contributed by atoms with Crippen LogP contribution in [0.15, 0.2) is 29.4 Å². The minimum Gasteiger partial charge on any atom is -0.455 e. The zero-order chi connectivity index (χ0) is 18.4. The molecule has 0 aliphatic heterocycles. The molecule has 1 N–H and O–H groups in total. The normalized spacial score (nSPS) is 10.4. The molecule has 0 radical (unpaired) electrons. The number of anilines is 1. The van der Waals surface area contributed by atoms with Crippen LogP contribution in [-0.2, 0) is 14.3 Å². The molecule has 25 heavy (non-hydrogen) atoms. The van der Waals surface area contributed by atoms with Gasteiger partial charge in [0.15, 0.2) is 11.8 Å². The second-order valence-corrected chi connectivity index (χ2v) is 6.74. The summed E-state index contributed by atoms with van der Waals surface area (Å²) in [4.78, 5) is 32.0. The highest BCUT2D eigenvalue weighted by Crippen LogP contribution is 2.20. The number of aromatic nitrogens is 2. The lowest BCUT2D eigenvalue weighted by atomic mass is 10.2. The number of rotatable bonds is 6. The van der Waals surface area contributed by atoms with Crippen molar-refractivity contribution in [3.05, 3.63) is 46.2 Å². The molecule has 0 unspecified atom stereocenters. The van der Waals surface area contributed by atoms with Crippen LogP contribution >= 0.6 is 23.4 Å². The molecule has 1 aromatic heterocycles. The molecular weight excluding hydrogens is 362 g/mol. The Morgan fingerprint density at radius 3 is 2.48 bits per heavy atom. The minimum atomic E-state index is -0.509. The van der Waals surface area contributed by atoms with E-state index in [9.17, 15) is 9.59 Å². The van der Waals surface area contributed by atoms with Crippen LogP contribution in [0.1, 0.15) is 17.0 Å². The van der Waals surface area contributed by atoms with Gasteiger partial charge in [-0.3, -0.25) is 9.59 Å². The van der Waals surface area contributed by atoms with E-state index >= 15 is 0 Å². The maximum absolute atomic E-state index is 11.8. The third kappa shape index (κ3) is 6.36. The molecule has 0 bridgehead atoms. The Balaban J connectivity index is 1.77. The third-order valence-corrected chi connectivity index (χ3v) is 4.33. The van der Waals surface area contributed by atoms with Crippen molar-refractivity contribution in [1.29, 1.82) is 0 Å². The fraction of sp³-hybridized carbons (Fsp3) is 0.294. The molecule has 1 heterocycles. The fourth-order valence-electron chi connectivity index (χ4n) is 1.94. The van der Waals surface area contributed by atoms with Gasteiger partial charge in [-0.2, -0.15) is 0 Å². The van der Waals surface area contributed by atoms with Gasteiger partial charge >= 0.3 is 5.97 Å². The number of benzene rings is 1. The van der Waals surface area contributed by atoms with Crippen LogP contribution in [0.25, 0.3) is 0 Å². The lowest BCUT2D eigenvalue weighted by Gasteiger charge is -2.08. The van der Waals surface area contributed by atoms with Crippen LogP contribution in [0.5, 0.6) is 0 Å². The molecule has 0 aliphatic rings. The number of hydrogen-bond donors (Lipinski definition) is 1. The number of carbonyl (C=O) groups is 2. The van der Waals surface area contributed by atoms with Gasteiger partial charge in [0.1, 0.15) is 0 Å². The first kappa shape index (κ1) is 19.2. The molecule has 0 spiro atoms. The molecular formula is C17H18ClN3O3S. The van der Waals surface area contributed by atoms with Gasteiger partial charge < -0.3 is 10.1 Å². The van der Waals surface area contributed by atoms with E-state index in [1.165, 1.54) is 11.8 Å². The highest BCUT2D eigenvalue weighted by Gasteiger charge is 2.10. The van der Waals surface area contributed by atoms with Crippen LogP contribution in [0.3, 0.4) is 0 Å². The first-order valence-electron chi connectivity index (χ1n) is 7.50. The molecule has 2 rings (SSSR count). The van der Waals surface area contributed by atoms with Crippen LogP contribution in [0, 0.1) is 20.8 Å². The summed E-state index contributed by atoms with van der Waals surface area (Å²) >= 11 is 7.17. The van der Waals surface area contributed by atoms with Crippen LogP contribution in [-0.4, -0.2) is 34.2 Å². The third-order valence-electron chi connectivity index (χ3n) is 3.10. The van der Waals surface area contributed by atoms with E-state index in [2.05, 4.69) is 15.3 Å². The molecule has 132 valence electrons. The smallest absolute Gasteiger partial charge is 0.316 e. The van der Waals surface area contributed by atoms with Crippen molar-refractivity contribution in [3.63, 3.8) is 0 Å². The predicted octanol–water partition coefficient (Wildman–Crippen LogP) is 3.33. The van der Waals surface area contributed by atoms with E-state index in [1.807, 2.05) is 26.8 Å². The van der Waals surface area contributed by atoms with Crippen molar-refractivity contribution in [3.8, 4) is 0 Å². The number of halogens is 1. The predicted molar refractivity (Wildman–Crippen MR) is 98.0 cm³/mol. The fourth-order valence-corrected chi connectivity index (χ4v) is 2.86. The first-order valence-corrected chi connectivity index (χ1v) is 8.86. The van der Waals surface area contributed by atoms with Crippen molar-refractivity contribution in [2.45, 2.75) is 25.9 Å². The van der Waals surface area contributed by atoms with Crippen LogP contribution in [0.4, 0.5) is 5.69 Å². The Morgan fingerprint density at radius 1 is 1.16 bits per heavy atom. The molecule has 0 atom stereocenters. The Hall–Kier alpha value is -2.12. The standard InChI is InChI=1S/C17H18ClN3O3S/c1-10-4-5-13(7-14(10)18)21-15(22)8-24-16(23)9-25-17-19-11(2)6-12(3)20-17/h4-7H,8-9H2,1-3H3,(H,21,22). The SMILES string of the molecule is Cc1cc(C)nc(SCC(=O)OCC(=O)Nc2ccc(C)c(Cl)c2)n1. The number of nitrogens with one attached hydrogen (secondary N) is 1. The Labute approximate surface area is 155 Å². The molecule has 0 saturated heterocycles. The highest BCUT2D eigenvalue weighted by atomic mass is 35.5. The summed E-state index contributed by atoms with van der Waals surface area (Å²) in [5.74, 6) is -0.905. The number of hydrogen-bond acceptors (Lipinski definition) is 6. The van der Waals surface area contributed by atoms with Gasteiger partial charge in [0.05, 0.1) is 5.75 Å². The van der Waals surface area contributed by atoms with E-state index in [0.29, 0.717) is 15.9 Å². The zero-order valence-electron chi connectivity index (χ0n) is 14.1. The van der Waals surface area contributed by atoms with Crippen LogP contribution < -0.4 is 5.32 Å². The molecule has 8 heteroatoms. The number of carbonyl (C=O) groups excluding carboxylic acids is 2. The highest BCUT2D eigenvalue weighted by molar-refractivity contribution is 7.99. The first-order chi connectivity index (χ1) is 11.8. The number of esters is 1. The molecule has 0 saturated carbocycles. The van der Waals surface area contributed by atoms with Crippen molar-refractivity contribution in [1.82, 2.24) is 9.97 Å². The lowest BCUT2D eigenvalue weighted by molar-refractivity contribution is -0.144. The lowest BCUT2D eigenvalue weighted by Crippen LogP contribution is -2.21. The molecule has 6 nitrogen and oxygen atoms in total. The summed E-state index contributed by atoms with van der Waals surface area (Å²) < 4.78 is 4.95. The summed E-state index contributed by atoms with van der Waals surface area (Å²) in [6, 6.07) is 7.02. The van der Waals surface area contributed by atoms with Gasteiger partial charge in [-0.25, -0.2) is 9.97 Å². The second kappa shape index (κ2) is 8.82. The van der Waals surface area contributed by atoms with Gasteiger partial charge in [0, 0.05) is 22.1 Å². The molecule has 2 aromatic rings. The molecule has 1 aromatic carbocycles. The number of thioether (sulfide) groups is 1.